The molecule has 88 valence electrons. The van der Waals surface area contributed by atoms with E-state index >= 15 is 0 Å². The van der Waals surface area contributed by atoms with Gasteiger partial charge in [0.25, 0.3) is 5.91 Å². The van der Waals surface area contributed by atoms with Crippen molar-refractivity contribution >= 4 is 16.8 Å². The van der Waals surface area contributed by atoms with Gasteiger partial charge in [-0.2, -0.15) is 0 Å². The van der Waals surface area contributed by atoms with Crippen molar-refractivity contribution in [1.29, 1.82) is 0 Å². The number of rotatable bonds is 3. The van der Waals surface area contributed by atoms with Crippen molar-refractivity contribution in [3.05, 3.63) is 42.1 Å². The number of nitrogens with one attached hydrogen (secondary N) is 1. The fraction of sp³-hybridized carbons (Fsp3) is 0.231. The number of nitrogens with zero attached hydrogens (tertiary/aromatic N) is 1. The second kappa shape index (κ2) is 4.93. The van der Waals surface area contributed by atoms with Crippen LogP contribution in [-0.2, 0) is 0 Å². The maximum Gasteiger partial charge on any atom is 0.252 e. The summed E-state index contributed by atoms with van der Waals surface area (Å²) in [6.45, 7) is 1.88. The van der Waals surface area contributed by atoms with Gasteiger partial charge >= 0.3 is 0 Å². The molecule has 0 fully saturated rings. The van der Waals surface area contributed by atoms with Crippen LogP contribution in [0.5, 0.6) is 0 Å². The molecule has 1 aromatic heterocycles. The SMILES string of the molecule is C[C@H](O)CNC(=O)c1cccc2ncccc12. The first-order valence-electron chi connectivity index (χ1n) is 5.48. The summed E-state index contributed by atoms with van der Waals surface area (Å²) in [5.74, 6) is -0.190. The highest BCUT2D eigenvalue weighted by Gasteiger charge is 2.10. The molecular formula is C13H14N2O2. The molecule has 0 saturated heterocycles. The van der Waals surface area contributed by atoms with Crippen molar-refractivity contribution in [2.24, 2.45) is 0 Å². The van der Waals surface area contributed by atoms with Crippen LogP contribution in [0, 0.1) is 0 Å². The molecule has 2 aromatic rings. The summed E-state index contributed by atoms with van der Waals surface area (Å²) in [5, 5.41) is 12.6. The molecule has 1 heterocycles. The highest BCUT2D eigenvalue weighted by atomic mass is 16.3. The molecule has 1 amide bonds. The Bertz CT molecular complexity index is 532. The number of aromatic nitrogens is 1. The van der Waals surface area contributed by atoms with Crippen LogP contribution in [-0.4, -0.2) is 28.6 Å². The number of aliphatic hydroxyl groups is 1. The van der Waals surface area contributed by atoms with Gasteiger partial charge in [-0.1, -0.05) is 12.1 Å². The van der Waals surface area contributed by atoms with Gasteiger partial charge in [0.15, 0.2) is 0 Å². The van der Waals surface area contributed by atoms with Crippen LogP contribution in [0.1, 0.15) is 17.3 Å². The standard InChI is InChI=1S/C13H14N2O2/c1-9(16)8-15-13(17)11-4-2-6-12-10(11)5-3-7-14-12/h2-7,9,16H,8H2,1H3,(H,15,17)/t9-/m0/s1. The first kappa shape index (κ1) is 11.5. The lowest BCUT2D eigenvalue weighted by Gasteiger charge is -2.08. The number of hydrogen-bond donors (Lipinski definition) is 2. The third-order valence-electron chi connectivity index (χ3n) is 2.45. The van der Waals surface area contributed by atoms with E-state index in [0.717, 1.165) is 10.9 Å². The lowest BCUT2D eigenvalue weighted by molar-refractivity contribution is 0.0925. The molecule has 0 aliphatic heterocycles. The Hall–Kier alpha value is -1.94. The first-order chi connectivity index (χ1) is 8.18. The number of benzene rings is 1. The maximum atomic E-state index is 11.9. The number of aliphatic hydroxyl groups excluding tert-OH is 1. The molecule has 4 nitrogen and oxygen atoms in total. The van der Waals surface area contributed by atoms with Gasteiger partial charge in [-0.15, -0.1) is 0 Å². The number of carbonyl (C=O) groups excluding carboxylic acids is 1. The van der Waals surface area contributed by atoms with Crippen LogP contribution in [0.4, 0.5) is 0 Å². The lowest BCUT2D eigenvalue weighted by Crippen LogP contribution is -2.30. The fourth-order valence-corrected chi connectivity index (χ4v) is 1.64. The number of amides is 1. The third-order valence-corrected chi connectivity index (χ3v) is 2.45. The molecule has 0 bridgehead atoms. The first-order valence-corrected chi connectivity index (χ1v) is 5.48. The molecule has 1 aromatic carbocycles. The molecule has 0 unspecified atom stereocenters. The lowest BCUT2D eigenvalue weighted by atomic mass is 10.1. The summed E-state index contributed by atoms with van der Waals surface area (Å²) in [4.78, 5) is 16.1. The molecule has 0 aliphatic rings. The summed E-state index contributed by atoms with van der Waals surface area (Å²) < 4.78 is 0. The largest absolute Gasteiger partial charge is 0.392 e. The van der Waals surface area contributed by atoms with Crippen molar-refractivity contribution in [3.8, 4) is 0 Å². The van der Waals surface area contributed by atoms with E-state index in [9.17, 15) is 4.79 Å². The third kappa shape index (κ3) is 2.60. The van der Waals surface area contributed by atoms with Crippen molar-refractivity contribution in [2.45, 2.75) is 13.0 Å². The zero-order valence-electron chi connectivity index (χ0n) is 9.55. The van der Waals surface area contributed by atoms with Gasteiger partial charge in [0.05, 0.1) is 11.6 Å². The smallest absolute Gasteiger partial charge is 0.252 e. The Morgan fingerprint density at radius 1 is 1.41 bits per heavy atom. The highest BCUT2D eigenvalue weighted by molar-refractivity contribution is 6.06. The zero-order valence-corrected chi connectivity index (χ0v) is 9.55. The number of hydrogen-bond acceptors (Lipinski definition) is 3. The molecule has 4 heteroatoms. The normalized spacial score (nSPS) is 12.4. The van der Waals surface area contributed by atoms with Gasteiger partial charge in [-0.05, 0) is 25.1 Å². The summed E-state index contributed by atoms with van der Waals surface area (Å²) in [6, 6.07) is 9.07. The molecule has 2 N–H and O–H groups in total. The van der Waals surface area contributed by atoms with Crippen LogP contribution in [0.3, 0.4) is 0 Å². The van der Waals surface area contributed by atoms with E-state index in [-0.39, 0.29) is 12.5 Å². The molecule has 1 atom stereocenters. The summed E-state index contributed by atoms with van der Waals surface area (Å²) in [6.07, 6.45) is 1.15. The average molecular weight is 230 g/mol. The van der Waals surface area contributed by atoms with Crippen molar-refractivity contribution in [3.63, 3.8) is 0 Å². The second-order valence-electron chi connectivity index (χ2n) is 3.93. The molecular weight excluding hydrogens is 216 g/mol. The minimum Gasteiger partial charge on any atom is -0.392 e. The molecule has 17 heavy (non-hydrogen) atoms. The van der Waals surface area contributed by atoms with Gasteiger partial charge in [-0.25, -0.2) is 0 Å². The second-order valence-corrected chi connectivity index (χ2v) is 3.93. The van der Waals surface area contributed by atoms with Crippen LogP contribution >= 0.6 is 0 Å². The Morgan fingerprint density at radius 3 is 3.00 bits per heavy atom. The number of fused-ring (bicyclic) bond motifs is 1. The average Bonchev–Trinajstić information content (AvgIpc) is 2.35. The van der Waals surface area contributed by atoms with E-state index in [2.05, 4.69) is 10.3 Å². The van der Waals surface area contributed by atoms with Crippen LogP contribution in [0.25, 0.3) is 10.9 Å². The predicted octanol–water partition coefficient (Wildman–Crippen LogP) is 1.35. The molecule has 0 spiro atoms. The fourth-order valence-electron chi connectivity index (χ4n) is 1.64. The van der Waals surface area contributed by atoms with E-state index < -0.39 is 6.10 Å². The van der Waals surface area contributed by atoms with Gasteiger partial charge < -0.3 is 10.4 Å². The quantitative estimate of drug-likeness (QED) is 0.836. The number of pyridine rings is 1. The Balaban J connectivity index is 2.32. The molecule has 0 radical (unpaired) electrons. The van der Waals surface area contributed by atoms with Crippen molar-refractivity contribution < 1.29 is 9.90 Å². The van der Waals surface area contributed by atoms with E-state index in [4.69, 9.17) is 5.11 Å². The zero-order chi connectivity index (χ0) is 12.3. The van der Waals surface area contributed by atoms with Gasteiger partial charge in [0.2, 0.25) is 0 Å². The molecule has 0 aliphatic carbocycles. The monoisotopic (exact) mass is 230 g/mol. The summed E-state index contributed by atoms with van der Waals surface area (Å²) in [5.41, 5.74) is 1.37. The van der Waals surface area contributed by atoms with E-state index in [1.807, 2.05) is 12.1 Å². The van der Waals surface area contributed by atoms with Gasteiger partial charge in [-0.3, -0.25) is 9.78 Å². The molecule has 0 saturated carbocycles. The summed E-state index contributed by atoms with van der Waals surface area (Å²) >= 11 is 0. The predicted molar refractivity (Wildman–Crippen MR) is 65.8 cm³/mol. The Kier molecular flexibility index (Phi) is 3.35. The minimum atomic E-state index is -0.549. The Morgan fingerprint density at radius 2 is 2.24 bits per heavy atom. The Labute approximate surface area is 99.3 Å². The highest BCUT2D eigenvalue weighted by Crippen LogP contribution is 2.15. The minimum absolute atomic E-state index is 0.190. The molecule has 2 rings (SSSR count). The van der Waals surface area contributed by atoms with Crippen molar-refractivity contribution in [2.75, 3.05) is 6.54 Å². The number of carbonyl (C=O) groups is 1. The van der Waals surface area contributed by atoms with E-state index in [0.29, 0.717) is 5.56 Å². The van der Waals surface area contributed by atoms with E-state index in [1.165, 1.54) is 0 Å². The van der Waals surface area contributed by atoms with Crippen LogP contribution < -0.4 is 5.32 Å². The van der Waals surface area contributed by atoms with E-state index in [1.54, 1.807) is 31.3 Å². The summed E-state index contributed by atoms with van der Waals surface area (Å²) in [7, 11) is 0. The topological polar surface area (TPSA) is 62.2 Å². The van der Waals surface area contributed by atoms with Gasteiger partial charge in [0, 0.05) is 23.7 Å². The van der Waals surface area contributed by atoms with Crippen LogP contribution in [0.2, 0.25) is 0 Å². The van der Waals surface area contributed by atoms with Crippen LogP contribution in [0.15, 0.2) is 36.5 Å². The maximum absolute atomic E-state index is 11.9. The van der Waals surface area contributed by atoms with Crippen molar-refractivity contribution in [1.82, 2.24) is 10.3 Å². The van der Waals surface area contributed by atoms with Gasteiger partial charge in [0.1, 0.15) is 0 Å².